The molecule has 154 valence electrons. The normalized spacial score (nSPS) is 10.4. The standard InChI is InChI=1S/C25H25NO4/c1-17-7-6-8-20(13-17)15-29-23-10-5-4-9-22(23)25(28)30-16-24(27)26-21-12-11-18(2)19(3)14-21/h4-14H,15-16H2,1-3H3,(H,26,27). The Morgan fingerprint density at radius 2 is 1.67 bits per heavy atom. The first-order chi connectivity index (χ1) is 14.4. The van der Waals surface area contributed by atoms with Crippen LogP contribution in [0, 0.1) is 20.8 Å². The number of para-hydroxylation sites is 1. The minimum absolute atomic E-state index is 0.282. The summed E-state index contributed by atoms with van der Waals surface area (Å²) in [4.78, 5) is 24.7. The van der Waals surface area contributed by atoms with Gasteiger partial charge in [-0.25, -0.2) is 4.79 Å². The Morgan fingerprint density at radius 3 is 2.43 bits per heavy atom. The van der Waals surface area contributed by atoms with Gasteiger partial charge in [-0.1, -0.05) is 48.0 Å². The summed E-state index contributed by atoms with van der Waals surface area (Å²) in [7, 11) is 0. The zero-order valence-corrected chi connectivity index (χ0v) is 17.4. The minimum Gasteiger partial charge on any atom is -0.488 e. The number of esters is 1. The molecule has 3 aromatic rings. The summed E-state index contributed by atoms with van der Waals surface area (Å²) in [6, 6.07) is 20.4. The molecule has 0 heterocycles. The van der Waals surface area contributed by atoms with Gasteiger partial charge in [-0.2, -0.15) is 0 Å². The maximum absolute atomic E-state index is 12.5. The van der Waals surface area contributed by atoms with Crippen LogP contribution in [-0.2, 0) is 16.1 Å². The predicted octanol–water partition coefficient (Wildman–Crippen LogP) is 4.99. The van der Waals surface area contributed by atoms with Crippen LogP contribution < -0.4 is 10.1 Å². The van der Waals surface area contributed by atoms with Gasteiger partial charge in [-0.05, 0) is 61.7 Å². The van der Waals surface area contributed by atoms with E-state index < -0.39 is 11.9 Å². The molecular weight excluding hydrogens is 378 g/mol. The predicted molar refractivity (Wildman–Crippen MR) is 117 cm³/mol. The Bertz CT molecular complexity index is 1060. The van der Waals surface area contributed by atoms with Gasteiger partial charge >= 0.3 is 5.97 Å². The summed E-state index contributed by atoms with van der Waals surface area (Å²) < 4.78 is 11.0. The average Bonchev–Trinajstić information content (AvgIpc) is 2.73. The van der Waals surface area contributed by atoms with Crippen LogP contribution >= 0.6 is 0 Å². The molecule has 0 aromatic heterocycles. The van der Waals surface area contributed by atoms with Gasteiger partial charge in [-0.15, -0.1) is 0 Å². The number of carbonyl (C=O) groups excluding carboxylic acids is 2. The lowest BCUT2D eigenvalue weighted by Gasteiger charge is -2.12. The summed E-state index contributed by atoms with van der Waals surface area (Å²) in [6.45, 7) is 5.94. The van der Waals surface area contributed by atoms with Crippen LogP contribution in [0.1, 0.15) is 32.6 Å². The van der Waals surface area contributed by atoms with Crippen LogP contribution in [0.5, 0.6) is 5.75 Å². The summed E-state index contributed by atoms with van der Waals surface area (Å²) in [6.07, 6.45) is 0. The molecule has 0 radical (unpaired) electrons. The molecular formula is C25H25NO4. The van der Waals surface area contributed by atoms with E-state index in [1.165, 1.54) is 0 Å². The maximum atomic E-state index is 12.5. The Kier molecular flexibility index (Phi) is 6.86. The third kappa shape index (κ3) is 5.70. The molecule has 3 rings (SSSR count). The molecule has 5 nitrogen and oxygen atoms in total. The highest BCUT2D eigenvalue weighted by atomic mass is 16.5. The van der Waals surface area contributed by atoms with Crippen LogP contribution in [0.4, 0.5) is 5.69 Å². The first kappa shape index (κ1) is 21.1. The molecule has 30 heavy (non-hydrogen) atoms. The summed E-state index contributed by atoms with van der Waals surface area (Å²) >= 11 is 0. The number of amides is 1. The molecule has 0 fully saturated rings. The van der Waals surface area contributed by atoms with Crippen molar-refractivity contribution in [1.82, 2.24) is 0 Å². The molecule has 3 aromatic carbocycles. The van der Waals surface area contributed by atoms with Crippen LogP contribution in [-0.4, -0.2) is 18.5 Å². The Hall–Kier alpha value is -3.60. The van der Waals surface area contributed by atoms with Gasteiger partial charge in [0.1, 0.15) is 17.9 Å². The fourth-order valence-electron chi connectivity index (χ4n) is 2.95. The van der Waals surface area contributed by atoms with Crippen molar-refractivity contribution in [3.8, 4) is 5.75 Å². The number of rotatable bonds is 7. The van der Waals surface area contributed by atoms with Gasteiger partial charge in [0.15, 0.2) is 6.61 Å². The number of hydrogen-bond donors (Lipinski definition) is 1. The van der Waals surface area contributed by atoms with E-state index in [9.17, 15) is 9.59 Å². The second-order valence-corrected chi connectivity index (χ2v) is 7.20. The number of ether oxygens (including phenoxy) is 2. The Balaban J connectivity index is 1.58. The first-order valence-corrected chi connectivity index (χ1v) is 9.74. The van der Waals surface area contributed by atoms with E-state index in [0.717, 1.165) is 22.3 Å². The molecule has 0 aliphatic carbocycles. The van der Waals surface area contributed by atoms with Crippen LogP contribution in [0.3, 0.4) is 0 Å². The van der Waals surface area contributed by atoms with Crippen LogP contribution in [0.15, 0.2) is 66.7 Å². The highest BCUT2D eigenvalue weighted by Crippen LogP contribution is 2.21. The lowest BCUT2D eigenvalue weighted by atomic mass is 10.1. The Morgan fingerprint density at radius 1 is 0.867 bits per heavy atom. The second-order valence-electron chi connectivity index (χ2n) is 7.20. The zero-order valence-electron chi connectivity index (χ0n) is 17.4. The third-order valence-corrected chi connectivity index (χ3v) is 4.71. The lowest BCUT2D eigenvalue weighted by Crippen LogP contribution is -2.21. The summed E-state index contributed by atoms with van der Waals surface area (Å²) in [5, 5.41) is 2.74. The van der Waals surface area contributed by atoms with E-state index in [0.29, 0.717) is 18.0 Å². The molecule has 0 atom stereocenters. The molecule has 5 heteroatoms. The molecule has 1 amide bonds. The average molecular weight is 403 g/mol. The molecule has 0 aliphatic rings. The van der Waals surface area contributed by atoms with Crippen molar-refractivity contribution in [1.29, 1.82) is 0 Å². The fraction of sp³-hybridized carbons (Fsp3) is 0.200. The van der Waals surface area contributed by atoms with Gasteiger partial charge < -0.3 is 14.8 Å². The smallest absolute Gasteiger partial charge is 0.342 e. The third-order valence-electron chi connectivity index (χ3n) is 4.71. The van der Waals surface area contributed by atoms with Gasteiger partial charge in [0.05, 0.1) is 0 Å². The monoisotopic (exact) mass is 403 g/mol. The van der Waals surface area contributed by atoms with E-state index in [1.807, 2.05) is 63.2 Å². The van der Waals surface area contributed by atoms with Crippen molar-refractivity contribution in [3.63, 3.8) is 0 Å². The lowest BCUT2D eigenvalue weighted by molar-refractivity contribution is -0.119. The van der Waals surface area contributed by atoms with Crippen LogP contribution in [0.2, 0.25) is 0 Å². The topological polar surface area (TPSA) is 64.6 Å². The largest absolute Gasteiger partial charge is 0.488 e. The number of carbonyl (C=O) groups is 2. The van der Waals surface area contributed by atoms with Crippen molar-refractivity contribution >= 4 is 17.6 Å². The summed E-state index contributed by atoms with van der Waals surface area (Å²) in [5.41, 5.74) is 5.31. The molecule has 0 saturated heterocycles. The molecule has 1 N–H and O–H groups in total. The van der Waals surface area contributed by atoms with E-state index in [1.54, 1.807) is 24.3 Å². The number of benzene rings is 3. The van der Waals surface area contributed by atoms with Crippen molar-refractivity contribution in [3.05, 3.63) is 94.5 Å². The first-order valence-electron chi connectivity index (χ1n) is 9.74. The number of aryl methyl sites for hydroxylation is 3. The van der Waals surface area contributed by atoms with Gasteiger partial charge in [0.25, 0.3) is 5.91 Å². The van der Waals surface area contributed by atoms with Gasteiger partial charge in [0.2, 0.25) is 0 Å². The van der Waals surface area contributed by atoms with Crippen molar-refractivity contribution in [2.75, 3.05) is 11.9 Å². The molecule has 0 bridgehead atoms. The number of hydrogen-bond acceptors (Lipinski definition) is 4. The van der Waals surface area contributed by atoms with Crippen molar-refractivity contribution in [2.45, 2.75) is 27.4 Å². The summed E-state index contributed by atoms with van der Waals surface area (Å²) in [5.74, 6) is -0.589. The van der Waals surface area contributed by atoms with E-state index in [4.69, 9.17) is 9.47 Å². The highest BCUT2D eigenvalue weighted by Gasteiger charge is 2.15. The van der Waals surface area contributed by atoms with Crippen LogP contribution in [0.25, 0.3) is 0 Å². The molecule has 0 spiro atoms. The van der Waals surface area contributed by atoms with Crippen molar-refractivity contribution in [2.24, 2.45) is 0 Å². The number of anilines is 1. The highest BCUT2D eigenvalue weighted by molar-refractivity contribution is 5.96. The quantitative estimate of drug-likeness (QED) is 0.565. The fourth-order valence-corrected chi connectivity index (χ4v) is 2.95. The molecule has 0 aliphatic heterocycles. The maximum Gasteiger partial charge on any atom is 0.342 e. The minimum atomic E-state index is -0.606. The van der Waals surface area contributed by atoms with Gasteiger partial charge in [0, 0.05) is 5.69 Å². The number of nitrogens with one attached hydrogen (secondary N) is 1. The molecule has 0 unspecified atom stereocenters. The zero-order chi connectivity index (χ0) is 21.5. The second kappa shape index (κ2) is 9.74. The Labute approximate surface area is 176 Å². The van der Waals surface area contributed by atoms with Crippen molar-refractivity contribution < 1.29 is 19.1 Å². The van der Waals surface area contributed by atoms with E-state index in [-0.39, 0.29) is 12.2 Å². The van der Waals surface area contributed by atoms with Gasteiger partial charge in [-0.3, -0.25) is 4.79 Å². The SMILES string of the molecule is Cc1cccc(COc2ccccc2C(=O)OCC(=O)Nc2ccc(C)c(C)c2)c1. The van der Waals surface area contributed by atoms with E-state index >= 15 is 0 Å². The van der Waals surface area contributed by atoms with E-state index in [2.05, 4.69) is 5.32 Å². The molecule has 0 saturated carbocycles.